The van der Waals surface area contributed by atoms with Gasteiger partial charge in [0, 0.05) is 11.1 Å². The fourth-order valence-electron chi connectivity index (χ4n) is 2.68. The predicted molar refractivity (Wildman–Crippen MR) is 103 cm³/mol. The van der Waals surface area contributed by atoms with Gasteiger partial charge in [-0.05, 0) is 60.0 Å². The van der Waals surface area contributed by atoms with Gasteiger partial charge in [0.25, 0.3) is 0 Å². The van der Waals surface area contributed by atoms with E-state index in [1.807, 2.05) is 41.8 Å². The topological polar surface area (TPSA) is 35.0 Å². The molecule has 3 nitrogen and oxygen atoms in total. The molecule has 27 heavy (non-hydrogen) atoms. The first kappa shape index (κ1) is 17.3. The van der Waals surface area contributed by atoms with Crippen molar-refractivity contribution in [3.8, 4) is 39.0 Å². The van der Waals surface area contributed by atoms with E-state index in [-0.39, 0.29) is 0 Å². The molecule has 2 heterocycles. The van der Waals surface area contributed by atoms with Gasteiger partial charge in [-0.2, -0.15) is 0 Å². The minimum atomic E-state index is -0.908. The lowest BCUT2D eigenvalue weighted by atomic mass is 10.1. The molecule has 0 bridgehead atoms. The van der Waals surface area contributed by atoms with Gasteiger partial charge in [0.2, 0.25) is 0 Å². The summed E-state index contributed by atoms with van der Waals surface area (Å²) in [4.78, 5) is 10.1. The van der Waals surface area contributed by atoms with Crippen LogP contribution in [-0.2, 0) is 0 Å². The van der Waals surface area contributed by atoms with Gasteiger partial charge in [-0.15, -0.1) is 11.3 Å². The largest absolute Gasteiger partial charge is 0.497 e. The van der Waals surface area contributed by atoms with Crippen molar-refractivity contribution in [2.24, 2.45) is 0 Å². The number of aromatic nitrogens is 2. The fourth-order valence-corrected chi connectivity index (χ4v) is 3.33. The molecule has 0 spiro atoms. The van der Waals surface area contributed by atoms with E-state index in [9.17, 15) is 8.78 Å². The molecule has 0 aliphatic carbocycles. The van der Waals surface area contributed by atoms with Crippen LogP contribution in [0, 0.1) is 11.6 Å². The van der Waals surface area contributed by atoms with E-state index in [0.29, 0.717) is 22.8 Å². The molecule has 2 aromatic heterocycles. The maximum atomic E-state index is 13.7. The molecule has 6 heteroatoms. The average molecular weight is 380 g/mol. The van der Waals surface area contributed by atoms with E-state index < -0.39 is 11.6 Å². The molecule has 0 atom stereocenters. The van der Waals surface area contributed by atoms with Crippen LogP contribution in [0.2, 0.25) is 0 Å². The Labute approximate surface area is 158 Å². The highest BCUT2D eigenvalue weighted by Gasteiger charge is 2.13. The summed E-state index contributed by atoms with van der Waals surface area (Å²) in [7, 11) is 1.61. The molecule has 0 saturated carbocycles. The number of halogens is 2. The van der Waals surface area contributed by atoms with Crippen molar-refractivity contribution in [1.29, 1.82) is 0 Å². The molecule has 0 amide bonds. The lowest BCUT2D eigenvalue weighted by molar-refractivity contribution is 0.415. The summed E-state index contributed by atoms with van der Waals surface area (Å²) in [6, 6.07) is 16.9. The van der Waals surface area contributed by atoms with Gasteiger partial charge in [-0.25, -0.2) is 18.7 Å². The van der Waals surface area contributed by atoms with Gasteiger partial charge in [0.15, 0.2) is 17.5 Å². The first-order valence-electron chi connectivity index (χ1n) is 8.17. The van der Waals surface area contributed by atoms with Crippen LogP contribution in [0.5, 0.6) is 5.75 Å². The molecule has 4 aromatic rings. The minimum absolute atomic E-state index is 0.490. The summed E-state index contributed by atoms with van der Waals surface area (Å²) < 4.78 is 32.2. The van der Waals surface area contributed by atoms with Crippen LogP contribution < -0.4 is 4.74 Å². The Kier molecular flexibility index (Phi) is 4.64. The highest BCUT2D eigenvalue weighted by molar-refractivity contribution is 7.13. The van der Waals surface area contributed by atoms with Crippen LogP contribution >= 0.6 is 11.3 Å². The summed E-state index contributed by atoms with van der Waals surface area (Å²) in [5.41, 5.74) is 2.58. The zero-order chi connectivity index (χ0) is 18.8. The van der Waals surface area contributed by atoms with Crippen molar-refractivity contribution in [1.82, 2.24) is 9.97 Å². The van der Waals surface area contributed by atoms with E-state index in [0.717, 1.165) is 28.3 Å². The second-order valence-corrected chi connectivity index (χ2v) is 6.74. The van der Waals surface area contributed by atoms with Crippen molar-refractivity contribution in [2.45, 2.75) is 0 Å². The molecule has 0 saturated heterocycles. The van der Waals surface area contributed by atoms with Gasteiger partial charge in [0.1, 0.15) is 5.75 Å². The van der Waals surface area contributed by atoms with Crippen LogP contribution in [0.1, 0.15) is 0 Å². The molecule has 0 aliphatic heterocycles. The molecule has 0 fully saturated rings. The SMILES string of the molecule is COc1ccc(-c2cc(-c3ccc(F)c(F)c3)nc(-c3cccs3)n2)cc1. The Bertz CT molecular complexity index is 1080. The fraction of sp³-hybridized carbons (Fsp3) is 0.0476. The Morgan fingerprint density at radius 2 is 1.52 bits per heavy atom. The standard InChI is InChI=1S/C21H14F2N2OS/c1-26-15-7-4-13(5-8-15)18-12-19(14-6-9-16(22)17(23)11-14)25-21(24-18)20-3-2-10-27-20/h2-12H,1H3. The van der Waals surface area contributed by atoms with Crippen molar-refractivity contribution in [2.75, 3.05) is 7.11 Å². The van der Waals surface area contributed by atoms with Gasteiger partial charge < -0.3 is 4.74 Å². The first-order valence-corrected chi connectivity index (χ1v) is 9.05. The van der Waals surface area contributed by atoms with Crippen molar-refractivity contribution < 1.29 is 13.5 Å². The zero-order valence-corrected chi connectivity index (χ0v) is 15.1. The van der Waals surface area contributed by atoms with Crippen LogP contribution in [0.3, 0.4) is 0 Å². The third-order valence-corrected chi connectivity index (χ3v) is 4.93. The molecule has 0 radical (unpaired) electrons. The highest BCUT2D eigenvalue weighted by atomic mass is 32.1. The predicted octanol–water partition coefficient (Wildman–Crippen LogP) is 5.83. The maximum Gasteiger partial charge on any atom is 0.170 e. The quantitative estimate of drug-likeness (QED) is 0.447. The molecular weight excluding hydrogens is 366 g/mol. The summed E-state index contributed by atoms with van der Waals surface area (Å²) in [5.74, 6) is -0.512. The summed E-state index contributed by atoms with van der Waals surface area (Å²) in [5, 5.41) is 1.94. The Hall–Kier alpha value is -3.12. The number of nitrogens with zero attached hydrogens (tertiary/aromatic N) is 2. The Balaban J connectivity index is 1.87. The zero-order valence-electron chi connectivity index (χ0n) is 14.3. The molecular formula is C21H14F2N2OS. The van der Waals surface area contributed by atoms with E-state index in [1.165, 1.54) is 17.4 Å². The summed E-state index contributed by atoms with van der Waals surface area (Å²) in [6.07, 6.45) is 0. The van der Waals surface area contributed by atoms with Crippen LogP contribution in [0.25, 0.3) is 33.2 Å². The number of rotatable bonds is 4. The summed E-state index contributed by atoms with van der Waals surface area (Å²) >= 11 is 1.52. The van der Waals surface area contributed by atoms with E-state index in [1.54, 1.807) is 13.2 Å². The first-order chi connectivity index (χ1) is 13.1. The van der Waals surface area contributed by atoms with Crippen molar-refractivity contribution in [3.63, 3.8) is 0 Å². The van der Waals surface area contributed by atoms with E-state index >= 15 is 0 Å². The summed E-state index contributed by atoms with van der Waals surface area (Å²) in [6.45, 7) is 0. The number of hydrogen-bond donors (Lipinski definition) is 0. The molecule has 2 aromatic carbocycles. The van der Waals surface area contributed by atoms with Crippen LogP contribution in [-0.4, -0.2) is 17.1 Å². The average Bonchev–Trinajstić information content (AvgIpc) is 3.25. The smallest absolute Gasteiger partial charge is 0.170 e. The number of methoxy groups -OCH3 is 1. The highest BCUT2D eigenvalue weighted by Crippen LogP contribution is 2.30. The third-order valence-electron chi connectivity index (χ3n) is 4.07. The second kappa shape index (κ2) is 7.25. The maximum absolute atomic E-state index is 13.7. The molecule has 134 valence electrons. The van der Waals surface area contributed by atoms with Crippen molar-refractivity contribution in [3.05, 3.63) is 77.7 Å². The monoisotopic (exact) mass is 380 g/mol. The van der Waals surface area contributed by atoms with Gasteiger partial charge in [-0.3, -0.25) is 0 Å². The number of ether oxygens (including phenoxy) is 1. The lowest BCUT2D eigenvalue weighted by Crippen LogP contribution is -1.96. The number of thiophene rings is 1. The van der Waals surface area contributed by atoms with E-state index in [4.69, 9.17) is 4.74 Å². The lowest BCUT2D eigenvalue weighted by Gasteiger charge is -2.09. The van der Waals surface area contributed by atoms with Gasteiger partial charge in [-0.1, -0.05) is 6.07 Å². The van der Waals surface area contributed by atoms with Gasteiger partial charge >= 0.3 is 0 Å². The molecule has 0 unspecified atom stereocenters. The third kappa shape index (κ3) is 3.57. The minimum Gasteiger partial charge on any atom is -0.497 e. The number of benzene rings is 2. The number of hydrogen-bond acceptors (Lipinski definition) is 4. The molecule has 4 rings (SSSR count). The Morgan fingerprint density at radius 1 is 0.815 bits per heavy atom. The normalized spacial score (nSPS) is 10.8. The molecule has 0 N–H and O–H groups in total. The van der Waals surface area contributed by atoms with Crippen molar-refractivity contribution >= 4 is 11.3 Å². The van der Waals surface area contributed by atoms with Gasteiger partial charge in [0.05, 0.1) is 23.4 Å². The second-order valence-electron chi connectivity index (χ2n) is 5.80. The van der Waals surface area contributed by atoms with Crippen LogP contribution in [0.4, 0.5) is 8.78 Å². The Morgan fingerprint density at radius 3 is 2.15 bits per heavy atom. The van der Waals surface area contributed by atoms with E-state index in [2.05, 4.69) is 9.97 Å². The molecule has 0 aliphatic rings. The van der Waals surface area contributed by atoms with Crippen LogP contribution in [0.15, 0.2) is 66.0 Å².